The van der Waals surface area contributed by atoms with Gasteiger partial charge >= 0.3 is 0 Å². The number of nitrogens with zero attached hydrogens (tertiary/aromatic N) is 3. The lowest BCUT2D eigenvalue weighted by Gasteiger charge is -2.28. The minimum Gasteiger partial charge on any atom is -0.504 e. The fourth-order valence-corrected chi connectivity index (χ4v) is 3.62. The van der Waals surface area contributed by atoms with Crippen molar-refractivity contribution in [2.45, 2.75) is 19.5 Å². The molecule has 1 aliphatic heterocycles. The topological polar surface area (TPSA) is 69.5 Å². The van der Waals surface area contributed by atoms with Gasteiger partial charge in [0.2, 0.25) is 0 Å². The van der Waals surface area contributed by atoms with E-state index in [-0.39, 0.29) is 11.5 Å². The normalized spacial score (nSPS) is 14.5. The van der Waals surface area contributed by atoms with Crippen LogP contribution < -0.4 is 0 Å². The maximum Gasteiger partial charge on any atom is 0.169 e. The average molecular weight is 339 g/mol. The Morgan fingerprint density at radius 2 is 2.08 bits per heavy atom. The molecule has 0 atom stereocenters. The van der Waals surface area contributed by atoms with E-state index in [1.54, 1.807) is 17.4 Å². The van der Waals surface area contributed by atoms with E-state index in [1.165, 1.54) is 6.07 Å². The van der Waals surface area contributed by atoms with Gasteiger partial charge in [0.15, 0.2) is 17.3 Å². The van der Waals surface area contributed by atoms with E-state index in [4.69, 9.17) is 4.98 Å². The molecule has 0 fully saturated rings. The van der Waals surface area contributed by atoms with E-state index < -0.39 is 0 Å². The number of hydrogen-bond donors (Lipinski definition) is 2. The number of rotatable bonds is 3. The van der Waals surface area contributed by atoms with Crippen molar-refractivity contribution >= 4 is 11.3 Å². The summed E-state index contributed by atoms with van der Waals surface area (Å²) in [4.78, 5) is 12.6. The fraction of sp³-hybridized carbons (Fsp3) is 0.222. The summed E-state index contributed by atoms with van der Waals surface area (Å²) in [6.07, 6.45) is 2.82. The second-order valence-electron chi connectivity index (χ2n) is 5.93. The van der Waals surface area contributed by atoms with Crippen molar-refractivity contribution in [2.24, 2.45) is 0 Å². The van der Waals surface area contributed by atoms with E-state index >= 15 is 0 Å². The van der Waals surface area contributed by atoms with Crippen molar-refractivity contribution < 1.29 is 10.2 Å². The Labute approximate surface area is 143 Å². The minimum atomic E-state index is -0.0859. The van der Waals surface area contributed by atoms with Crippen LogP contribution in [-0.4, -0.2) is 31.6 Å². The molecule has 0 spiro atoms. The fourth-order valence-electron chi connectivity index (χ4n) is 2.96. The number of aromatic hydroxyl groups is 2. The van der Waals surface area contributed by atoms with Crippen LogP contribution in [0, 0.1) is 0 Å². The quantitative estimate of drug-likeness (QED) is 0.717. The van der Waals surface area contributed by atoms with Crippen molar-refractivity contribution in [3.8, 4) is 22.2 Å². The van der Waals surface area contributed by atoms with Crippen LogP contribution in [0.3, 0.4) is 0 Å². The zero-order valence-electron chi connectivity index (χ0n) is 13.0. The molecule has 0 amide bonds. The molecule has 2 aromatic heterocycles. The molecule has 122 valence electrons. The highest BCUT2D eigenvalue weighted by Crippen LogP contribution is 2.27. The molecule has 3 aromatic rings. The second-order valence-corrected chi connectivity index (χ2v) is 6.87. The Balaban J connectivity index is 1.50. The summed E-state index contributed by atoms with van der Waals surface area (Å²) in [6, 6.07) is 9.03. The highest BCUT2D eigenvalue weighted by molar-refractivity contribution is 7.13. The van der Waals surface area contributed by atoms with Crippen molar-refractivity contribution in [2.75, 3.05) is 6.54 Å². The summed E-state index contributed by atoms with van der Waals surface area (Å²) in [5.74, 6) is 0.645. The molecule has 2 N–H and O–H groups in total. The van der Waals surface area contributed by atoms with Crippen molar-refractivity contribution in [1.29, 1.82) is 0 Å². The molecular formula is C18H17N3O2S. The Hall–Kier alpha value is -2.44. The standard InChI is InChI=1S/C18H17N3O2S/c22-15-4-3-12(8-16(15)23)10-21-6-5-14-13(11-21)9-19-18(20-14)17-2-1-7-24-17/h1-4,7-9,22-23H,5-6,10-11H2. The van der Waals surface area contributed by atoms with Crippen LogP contribution in [0.5, 0.6) is 11.5 Å². The zero-order chi connectivity index (χ0) is 16.5. The number of phenols is 2. The summed E-state index contributed by atoms with van der Waals surface area (Å²) < 4.78 is 0. The smallest absolute Gasteiger partial charge is 0.169 e. The largest absolute Gasteiger partial charge is 0.504 e. The van der Waals surface area contributed by atoms with E-state index in [9.17, 15) is 10.2 Å². The highest BCUT2D eigenvalue weighted by Gasteiger charge is 2.19. The Kier molecular flexibility index (Phi) is 3.92. The lowest BCUT2D eigenvalue weighted by Crippen LogP contribution is -2.30. The number of benzene rings is 1. The van der Waals surface area contributed by atoms with Gasteiger partial charge in [-0.3, -0.25) is 4.90 Å². The zero-order valence-corrected chi connectivity index (χ0v) is 13.8. The number of thiophene rings is 1. The second kappa shape index (κ2) is 6.22. The van der Waals surface area contributed by atoms with Crippen LogP contribution in [0.4, 0.5) is 0 Å². The maximum atomic E-state index is 9.62. The monoisotopic (exact) mass is 339 g/mol. The lowest BCUT2D eigenvalue weighted by molar-refractivity contribution is 0.242. The third-order valence-corrected chi connectivity index (χ3v) is 5.07. The van der Waals surface area contributed by atoms with E-state index in [0.717, 1.165) is 53.6 Å². The molecule has 3 heterocycles. The summed E-state index contributed by atoms with van der Waals surface area (Å²) >= 11 is 1.65. The molecule has 6 heteroatoms. The molecule has 0 saturated carbocycles. The van der Waals surface area contributed by atoms with Gasteiger partial charge in [0.1, 0.15) is 0 Å². The average Bonchev–Trinajstić information content (AvgIpc) is 3.12. The van der Waals surface area contributed by atoms with Gasteiger partial charge < -0.3 is 10.2 Å². The van der Waals surface area contributed by atoms with Gasteiger partial charge in [0.25, 0.3) is 0 Å². The van der Waals surface area contributed by atoms with E-state index in [1.807, 2.05) is 29.8 Å². The summed E-state index contributed by atoms with van der Waals surface area (Å²) in [7, 11) is 0. The lowest BCUT2D eigenvalue weighted by atomic mass is 10.1. The van der Waals surface area contributed by atoms with Crippen LogP contribution in [-0.2, 0) is 19.5 Å². The van der Waals surface area contributed by atoms with Gasteiger partial charge in [0.05, 0.1) is 10.6 Å². The summed E-state index contributed by atoms with van der Waals surface area (Å²) in [5, 5.41) is 21.1. The molecule has 0 aliphatic carbocycles. The first-order valence-corrected chi connectivity index (χ1v) is 8.69. The Morgan fingerprint density at radius 3 is 2.88 bits per heavy atom. The molecule has 0 unspecified atom stereocenters. The summed E-state index contributed by atoms with van der Waals surface area (Å²) in [5.41, 5.74) is 3.26. The number of aromatic nitrogens is 2. The third-order valence-electron chi connectivity index (χ3n) is 4.20. The first-order chi connectivity index (χ1) is 11.7. The SMILES string of the molecule is Oc1ccc(CN2CCc3nc(-c4cccs4)ncc3C2)cc1O. The molecule has 1 aliphatic rings. The van der Waals surface area contributed by atoms with Crippen LogP contribution >= 0.6 is 11.3 Å². The first kappa shape index (κ1) is 15.1. The molecule has 4 rings (SSSR count). The van der Waals surface area contributed by atoms with Crippen LogP contribution in [0.2, 0.25) is 0 Å². The predicted molar refractivity (Wildman–Crippen MR) is 92.9 cm³/mol. The number of phenolic OH excluding ortho intramolecular Hbond substituents is 2. The van der Waals surface area contributed by atoms with Crippen molar-refractivity contribution in [1.82, 2.24) is 14.9 Å². The van der Waals surface area contributed by atoms with Gasteiger partial charge in [-0.25, -0.2) is 9.97 Å². The molecule has 5 nitrogen and oxygen atoms in total. The number of hydrogen-bond acceptors (Lipinski definition) is 6. The molecule has 24 heavy (non-hydrogen) atoms. The molecule has 0 saturated heterocycles. The minimum absolute atomic E-state index is 0.0752. The third kappa shape index (κ3) is 2.98. The van der Waals surface area contributed by atoms with Crippen LogP contribution in [0.15, 0.2) is 41.9 Å². The van der Waals surface area contributed by atoms with E-state index in [2.05, 4.69) is 9.88 Å². The Morgan fingerprint density at radius 1 is 1.17 bits per heavy atom. The van der Waals surface area contributed by atoms with Gasteiger partial charge in [-0.2, -0.15) is 0 Å². The van der Waals surface area contributed by atoms with Crippen molar-refractivity contribution in [3.63, 3.8) is 0 Å². The molecule has 1 aromatic carbocycles. The van der Waals surface area contributed by atoms with Gasteiger partial charge in [0, 0.05) is 37.8 Å². The summed E-state index contributed by atoms with van der Waals surface area (Å²) in [6.45, 7) is 2.43. The first-order valence-electron chi connectivity index (χ1n) is 7.81. The maximum absolute atomic E-state index is 9.62. The molecule has 0 radical (unpaired) electrons. The van der Waals surface area contributed by atoms with Gasteiger partial charge in [-0.15, -0.1) is 11.3 Å². The van der Waals surface area contributed by atoms with Crippen LogP contribution in [0.25, 0.3) is 10.7 Å². The number of fused-ring (bicyclic) bond motifs is 1. The van der Waals surface area contributed by atoms with Gasteiger partial charge in [-0.1, -0.05) is 12.1 Å². The van der Waals surface area contributed by atoms with Gasteiger partial charge in [-0.05, 0) is 29.1 Å². The Bertz CT molecular complexity index is 865. The highest BCUT2D eigenvalue weighted by atomic mass is 32.1. The van der Waals surface area contributed by atoms with E-state index in [0.29, 0.717) is 0 Å². The van der Waals surface area contributed by atoms with Crippen LogP contribution in [0.1, 0.15) is 16.8 Å². The molecular weight excluding hydrogens is 322 g/mol. The molecule has 0 bridgehead atoms. The predicted octanol–water partition coefficient (Wildman–Crippen LogP) is 3.17. The van der Waals surface area contributed by atoms with Crippen molar-refractivity contribution in [3.05, 3.63) is 58.7 Å².